The van der Waals surface area contributed by atoms with E-state index in [2.05, 4.69) is 10.2 Å². The number of nitrogens with one attached hydrogen (secondary N) is 1. The number of halogens is 2. The number of carbonyl (C=O) groups is 1. The van der Waals surface area contributed by atoms with Crippen molar-refractivity contribution in [3.05, 3.63) is 29.8 Å². The van der Waals surface area contributed by atoms with Crippen molar-refractivity contribution >= 4 is 11.6 Å². The fourth-order valence-electron chi connectivity index (χ4n) is 2.13. The Labute approximate surface area is 117 Å². The van der Waals surface area contributed by atoms with E-state index in [1.165, 1.54) is 6.07 Å². The van der Waals surface area contributed by atoms with Gasteiger partial charge in [0.15, 0.2) is 11.6 Å². The minimum Gasteiger partial charge on any atom is -0.384 e. The third-order valence-electron chi connectivity index (χ3n) is 3.44. The van der Waals surface area contributed by atoms with Crippen molar-refractivity contribution in [2.45, 2.75) is 6.42 Å². The molecule has 2 rings (SSSR count). The summed E-state index contributed by atoms with van der Waals surface area (Å²) >= 11 is 0. The molecule has 0 unspecified atom stereocenters. The molecule has 1 aliphatic rings. The summed E-state index contributed by atoms with van der Waals surface area (Å²) in [5.74, 6) is -1.67. The van der Waals surface area contributed by atoms with E-state index in [0.717, 1.165) is 38.3 Å². The van der Waals surface area contributed by atoms with E-state index in [1.54, 1.807) is 0 Å². The Bertz CT molecular complexity index is 473. The van der Waals surface area contributed by atoms with Crippen LogP contribution in [0.3, 0.4) is 0 Å². The van der Waals surface area contributed by atoms with Crippen molar-refractivity contribution in [2.24, 2.45) is 0 Å². The Kier molecular flexibility index (Phi) is 4.89. The number of likely N-dealkylation sites (N-methyl/N-ethyl adjacent to an activating group) is 1. The summed E-state index contributed by atoms with van der Waals surface area (Å²) in [4.78, 5) is 16.0. The standard InChI is InChI=1S/C14H19F2N3O/c1-18-6-8-19(9-7-18)14(20)4-5-17-11-2-3-12(15)13(16)10-11/h2-3,10,17H,4-9H2,1H3. The van der Waals surface area contributed by atoms with E-state index in [-0.39, 0.29) is 5.91 Å². The topological polar surface area (TPSA) is 35.6 Å². The minimum atomic E-state index is -0.889. The molecule has 1 heterocycles. The summed E-state index contributed by atoms with van der Waals surface area (Å²) in [6.07, 6.45) is 0.350. The molecule has 1 N–H and O–H groups in total. The number of nitrogens with zero attached hydrogens (tertiary/aromatic N) is 2. The zero-order valence-electron chi connectivity index (χ0n) is 11.5. The first-order chi connectivity index (χ1) is 9.56. The largest absolute Gasteiger partial charge is 0.384 e. The minimum absolute atomic E-state index is 0.0909. The van der Waals surface area contributed by atoms with Crippen LogP contribution in [-0.4, -0.2) is 55.5 Å². The monoisotopic (exact) mass is 283 g/mol. The number of carbonyl (C=O) groups excluding carboxylic acids is 1. The summed E-state index contributed by atoms with van der Waals surface area (Å²) < 4.78 is 25.8. The number of piperazine rings is 1. The molecule has 1 amide bonds. The van der Waals surface area contributed by atoms with Gasteiger partial charge < -0.3 is 15.1 Å². The number of hydrogen-bond donors (Lipinski definition) is 1. The molecular weight excluding hydrogens is 264 g/mol. The van der Waals surface area contributed by atoms with Crippen LogP contribution in [0.5, 0.6) is 0 Å². The van der Waals surface area contributed by atoms with Gasteiger partial charge in [0.05, 0.1) is 0 Å². The Balaban J connectivity index is 1.75. The molecule has 0 saturated carbocycles. The second-order valence-corrected chi connectivity index (χ2v) is 4.99. The average Bonchev–Trinajstić information content (AvgIpc) is 2.43. The molecule has 1 aromatic carbocycles. The summed E-state index contributed by atoms with van der Waals surface area (Å²) in [5.41, 5.74) is 0.482. The summed E-state index contributed by atoms with van der Waals surface area (Å²) in [6, 6.07) is 3.62. The Morgan fingerprint density at radius 3 is 2.55 bits per heavy atom. The van der Waals surface area contributed by atoms with Crippen LogP contribution in [0, 0.1) is 11.6 Å². The van der Waals surface area contributed by atoms with E-state index in [1.807, 2.05) is 11.9 Å². The van der Waals surface area contributed by atoms with Crippen LogP contribution in [0.15, 0.2) is 18.2 Å². The predicted octanol–water partition coefficient (Wildman–Crippen LogP) is 1.54. The Morgan fingerprint density at radius 2 is 1.90 bits per heavy atom. The second-order valence-electron chi connectivity index (χ2n) is 4.99. The third kappa shape index (κ3) is 3.90. The Hall–Kier alpha value is -1.69. The fourth-order valence-corrected chi connectivity index (χ4v) is 2.13. The molecular formula is C14H19F2N3O. The number of rotatable bonds is 4. The van der Waals surface area contributed by atoms with Gasteiger partial charge in [-0.1, -0.05) is 0 Å². The molecule has 0 bridgehead atoms. The van der Waals surface area contributed by atoms with Gasteiger partial charge in [0.25, 0.3) is 0 Å². The van der Waals surface area contributed by atoms with E-state index in [0.29, 0.717) is 18.7 Å². The SMILES string of the molecule is CN1CCN(C(=O)CCNc2ccc(F)c(F)c2)CC1. The Morgan fingerprint density at radius 1 is 1.20 bits per heavy atom. The van der Waals surface area contributed by atoms with Gasteiger partial charge in [-0.05, 0) is 25.2 Å². The molecule has 0 spiro atoms. The summed E-state index contributed by atoms with van der Waals surface area (Å²) in [6.45, 7) is 3.70. The first-order valence-corrected chi connectivity index (χ1v) is 6.71. The van der Waals surface area contributed by atoms with Crippen LogP contribution in [0.25, 0.3) is 0 Å². The van der Waals surface area contributed by atoms with E-state index in [9.17, 15) is 13.6 Å². The van der Waals surface area contributed by atoms with Crippen molar-refractivity contribution in [1.82, 2.24) is 9.80 Å². The van der Waals surface area contributed by atoms with Gasteiger partial charge in [0, 0.05) is 44.8 Å². The highest BCUT2D eigenvalue weighted by molar-refractivity contribution is 5.76. The molecule has 110 valence electrons. The molecule has 1 fully saturated rings. The third-order valence-corrected chi connectivity index (χ3v) is 3.44. The van der Waals surface area contributed by atoms with E-state index < -0.39 is 11.6 Å². The molecule has 0 aromatic heterocycles. The summed E-state index contributed by atoms with van der Waals surface area (Å²) in [5, 5.41) is 2.93. The van der Waals surface area contributed by atoms with Crippen LogP contribution >= 0.6 is 0 Å². The predicted molar refractivity (Wildman–Crippen MR) is 73.5 cm³/mol. The maximum atomic E-state index is 13.0. The van der Waals surface area contributed by atoms with Crippen LogP contribution in [0.2, 0.25) is 0 Å². The second kappa shape index (κ2) is 6.65. The van der Waals surface area contributed by atoms with Crippen molar-refractivity contribution in [1.29, 1.82) is 0 Å². The van der Waals surface area contributed by atoms with Crippen molar-refractivity contribution in [3.63, 3.8) is 0 Å². The zero-order chi connectivity index (χ0) is 14.5. The molecule has 0 atom stereocenters. The van der Waals surface area contributed by atoms with Gasteiger partial charge in [-0.25, -0.2) is 8.78 Å². The van der Waals surface area contributed by atoms with Gasteiger partial charge in [-0.15, -0.1) is 0 Å². The first kappa shape index (κ1) is 14.7. The lowest BCUT2D eigenvalue weighted by molar-refractivity contribution is -0.132. The maximum Gasteiger partial charge on any atom is 0.224 e. The van der Waals surface area contributed by atoms with Gasteiger partial charge >= 0.3 is 0 Å². The normalized spacial score (nSPS) is 16.2. The number of hydrogen-bond acceptors (Lipinski definition) is 3. The molecule has 6 heteroatoms. The first-order valence-electron chi connectivity index (χ1n) is 6.71. The lowest BCUT2D eigenvalue weighted by Gasteiger charge is -2.32. The highest BCUT2D eigenvalue weighted by atomic mass is 19.2. The molecule has 0 radical (unpaired) electrons. The highest BCUT2D eigenvalue weighted by Crippen LogP contribution is 2.13. The molecule has 1 aromatic rings. The van der Waals surface area contributed by atoms with Crippen LogP contribution < -0.4 is 5.32 Å². The van der Waals surface area contributed by atoms with E-state index in [4.69, 9.17) is 0 Å². The number of benzene rings is 1. The lowest BCUT2D eigenvalue weighted by atomic mass is 10.2. The molecule has 1 saturated heterocycles. The van der Waals surface area contributed by atoms with Crippen molar-refractivity contribution in [3.8, 4) is 0 Å². The van der Waals surface area contributed by atoms with Gasteiger partial charge in [-0.2, -0.15) is 0 Å². The zero-order valence-corrected chi connectivity index (χ0v) is 11.5. The highest BCUT2D eigenvalue weighted by Gasteiger charge is 2.18. The smallest absolute Gasteiger partial charge is 0.224 e. The quantitative estimate of drug-likeness (QED) is 0.910. The van der Waals surface area contributed by atoms with Crippen LogP contribution in [0.4, 0.5) is 14.5 Å². The number of anilines is 1. The van der Waals surface area contributed by atoms with Gasteiger partial charge in [0.1, 0.15) is 0 Å². The molecule has 0 aliphatic carbocycles. The molecule has 20 heavy (non-hydrogen) atoms. The van der Waals surface area contributed by atoms with Gasteiger partial charge in [-0.3, -0.25) is 4.79 Å². The molecule has 4 nitrogen and oxygen atoms in total. The lowest BCUT2D eigenvalue weighted by Crippen LogP contribution is -2.47. The summed E-state index contributed by atoms with van der Waals surface area (Å²) in [7, 11) is 2.03. The fraction of sp³-hybridized carbons (Fsp3) is 0.500. The van der Waals surface area contributed by atoms with Crippen molar-refractivity contribution < 1.29 is 13.6 Å². The average molecular weight is 283 g/mol. The van der Waals surface area contributed by atoms with E-state index >= 15 is 0 Å². The number of amides is 1. The van der Waals surface area contributed by atoms with Crippen LogP contribution in [-0.2, 0) is 4.79 Å². The van der Waals surface area contributed by atoms with Crippen LogP contribution in [0.1, 0.15) is 6.42 Å². The van der Waals surface area contributed by atoms with Gasteiger partial charge in [0.2, 0.25) is 5.91 Å². The molecule has 1 aliphatic heterocycles. The maximum absolute atomic E-state index is 13.0. The van der Waals surface area contributed by atoms with Crippen molar-refractivity contribution in [2.75, 3.05) is 45.1 Å².